The average molecular weight is 332 g/mol. The maximum absolute atomic E-state index is 12.5. The van der Waals surface area contributed by atoms with Crippen molar-refractivity contribution in [1.82, 2.24) is 15.5 Å². The molecule has 2 rings (SSSR count). The van der Waals surface area contributed by atoms with Crippen LogP contribution in [0.15, 0.2) is 18.2 Å². The predicted molar refractivity (Wildman–Crippen MR) is 96.4 cm³/mol. The van der Waals surface area contributed by atoms with Gasteiger partial charge in [-0.25, -0.2) is 4.79 Å². The van der Waals surface area contributed by atoms with Crippen molar-refractivity contribution in [2.24, 2.45) is 5.41 Å². The Hall–Kier alpha value is -2.08. The van der Waals surface area contributed by atoms with Crippen molar-refractivity contribution in [2.45, 2.75) is 27.7 Å². The van der Waals surface area contributed by atoms with Crippen molar-refractivity contribution in [1.29, 1.82) is 0 Å². The largest absolute Gasteiger partial charge is 0.337 e. The zero-order chi connectivity index (χ0) is 17.7. The molecule has 3 N–H and O–H groups in total. The van der Waals surface area contributed by atoms with E-state index in [4.69, 9.17) is 0 Å². The predicted octanol–water partition coefficient (Wildman–Crippen LogP) is 2.21. The summed E-state index contributed by atoms with van der Waals surface area (Å²) in [5.74, 6) is 0.0448. The molecule has 1 aromatic carbocycles. The molecule has 0 spiro atoms. The lowest BCUT2D eigenvalue weighted by atomic mass is 9.97. The van der Waals surface area contributed by atoms with Gasteiger partial charge in [-0.05, 0) is 36.1 Å². The Balaban J connectivity index is 1.98. The van der Waals surface area contributed by atoms with E-state index in [9.17, 15) is 9.59 Å². The van der Waals surface area contributed by atoms with E-state index < -0.39 is 0 Å². The molecule has 0 atom stereocenters. The number of piperazine rings is 1. The van der Waals surface area contributed by atoms with Crippen molar-refractivity contribution in [3.8, 4) is 0 Å². The molecular weight excluding hydrogens is 304 g/mol. The lowest BCUT2D eigenvalue weighted by Gasteiger charge is -2.27. The highest BCUT2D eigenvalue weighted by Crippen LogP contribution is 2.18. The molecule has 6 heteroatoms. The van der Waals surface area contributed by atoms with Gasteiger partial charge in [0.15, 0.2) is 0 Å². The third kappa shape index (κ3) is 5.23. The maximum Gasteiger partial charge on any atom is 0.319 e. The van der Waals surface area contributed by atoms with Crippen LogP contribution in [0.5, 0.6) is 0 Å². The SMILES string of the molecule is Cc1cc(C(=O)N2CCNCC2)ccc1NC(=O)NCC(C)(C)C. The molecule has 24 heavy (non-hydrogen) atoms. The first kappa shape index (κ1) is 18.3. The van der Waals surface area contributed by atoms with E-state index in [1.165, 1.54) is 0 Å². The second-order valence-corrected chi connectivity index (χ2v) is 7.44. The molecule has 1 saturated heterocycles. The maximum atomic E-state index is 12.5. The molecule has 6 nitrogen and oxygen atoms in total. The number of amides is 3. The summed E-state index contributed by atoms with van der Waals surface area (Å²) in [7, 11) is 0. The minimum absolute atomic E-state index is 0.0337. The summed E-state index contributed by atoms with van der Waals surface area (Å²) in [5.41, 5.74) is 2.29. The van der Waals surface area contributed by atoms with Crippen molar-refractivity contribution < 1.29 is 9.59 Å². The van der Waals surface area contributed by atoms with Crippen LogP contribution in [0, 0.1) is 12.3 Å². The number of nitrogens with one attached hydrogen (secondary N) is 3. The number of hydrogen-bond donors (Lipinski definition) is 3. The number of hydrogen-bond acceptors (Lipinski definition) is 3. The lowest BCUT2D eigenvalue weighted by Crippen LogP contribution is -2.46. The van der Waals surface area contributed by atoms with Gasteiger partial charge in [0.1, 0.15) is 0 Å². The highest BCUT2D eigenvalue weighted by Gasteiger charge is 2.19. The molecule has 3 amide bonds. The molecule has 132 valence electrons. The number of urea groups is 1. The lowest BCUT2D eigenvalue weighted by molar-refractivity contribution is 0.0735. The number of anilines is 1. The van der Waals surface area contributed by atoms with E-state index in [0.29, 0.717) is 12.1 Å². The van der Waals surface area contributed by atoms with E-state index in [-0.39, 0.29) is 17.4 Å². The minimum atomic E-state index is -0.228. The summed E-state index contributed by atoms with van der Waals surface area (Å²) in [5, 5.41) is 8.94. The fraction of sp³-hybridized carbons (Fsp3) is 0.556. The van der Waals surface area contributed by atoms with E-state index in [1.54, 1.807) is 12.1 Å². The Bertz CT molecular complexity index is 602. The number of rotatable bonds is 3. The normalized spacial score (nSPS) is 15.1. The number of nitrogens with zero attached hydrogens (tertiary/aromatic N) is 1. The van der Waals surface area contributed by atoms with Crippen molar-refractivity contribution in [2.75, 3.05) is 38.0 Å². The van der Waals surface area contributed by atoms with Crippen LogP contribution in [0.2, 0.25) is 0 Å². The standard InChI is InChI=1S/C18H28N4O2/c1-13-11-14(16(23)22-9-7-19-8-10-22)5-6-15(13)21-17(24)20-12-18(2,3)4/h5-6,11,19H,7-10,12H2,1-4H3,(H2,20,21,24). The van der Waals surface area contributed by atoms with E-state index >= 15 is 0 Å². The van der Waals surface area contributed by atoms with Gasteiger partial charge in [0.05, 0.1) is 0 Å². The van der Waals surface area contributed by atoms with Crippen LogP contribution < -0.4 is 16.0 Å². The zero-order valence-corrected chi connectivity index (χ0v) is 15.0. The molecule has 0 unspecified atom stereocenters. The van der Waals surface area contributed by atoms with Gasteiger partial charge >= 0.3 is 6.03 Å². The van der Waals surface area contributed by atoms with Crippen LogP contribution in [-0.4, -0.2) is 49.6 Å². The fourth-order valence-electron chi connectivity index (χ4n) is 2.50. The Labute approximate surface area is 144 Å². The molecule has 0 aromatic heterocycles. The van der Waals surface area contributed by atoms with E-state index in [0.717, 1.165) is 37.4 Å². The van der Waals surface area contributed by atoms with Gasteiger partial charge in [0.25, 0.3) is 5.91 Å². The van der Waals surface area contributed by atoms with Gasteiger partial charge in [-0.1, -0.05) is 20.8 Å². The third-order valence-corrected chi connectivity index (χ3v) is 3.91. The van der Waals surface area contributed by atoms with E-state index in [1.807, 2.05) is 17.9 Å². The van der Waals surface area contributed by atoms with Crippen molar-refractivity contribution in [3.63, 3.8) is 0 Å². The summed E-state index contributed by atoms with van der Waals surface area (Å²) in [6, 6.07) is 5.18. The molecule has 0 radical (unpaired) electrons. The molecule has 0 bridgehead atoms. The number of carbonyl (C=O) groups excluding carboxylic acids is 2. The van der Waals surface area contributed by atoms with E-state index in [2.05, 4.69) is 36.7 Å². The summed E-state index contributed by atoms with van der Waals surface area (Å²) in [6.45, 7) is 11.8. The Morgan fingerprint density at radius 2 is 1.88 bits per heavy atom. The van der Waals surface area contributed by atoms with Gasteiger partial charge in [-0.2, -0.15) is 0 Å². The second kappa shape index (κ2) is 7.66. The summed E-state index contributed by atoms with van der Waals surface area (Å²) < 4.78 is 0. The van der Waals surface area contributed by atoms with Crippen LogP contribution >= 0.6 is 0 Å². The minimum Gasteiger partial charge on any atom is -0.337 e. The van der Waals surface area contributed by atoms with Crippen LogP contribution in [-0.2, 0) is 0 Å². The first-order valence-electron chi connectivity index (χ1n) is 8.42. The number of benzene rings is 1. The smallest absolute Gasteiger partial charge is 0.319 e. The molecule has 1 aromatic rings. The molecule has 0 aliphatic carbocycles. The second-order valence-electron chi connectivity index (χ2n) is 7.44. The fourth-order valence-corrected chi connectivity index (χ4v) is 2.50. The Morgan fingerprint density at radius 1 is 1.21 bits per heavy atom. The Kier molecular flexibility index (Phi) is 5.83. The quantitative estimate of drug-likeness (QED) is 0.794. The third-order valence-electron chi connectivity index (χ3n) is 3.91. The molecule has 1 heterocycles. The summed E-state index contributed by atoms with van der Waals surface area (Å²) in [6.07, 6.45) is 0. The van der Waals surface area contributed by atoms with Crippen LogP contribution in [0.1, 0.15) is 36.7 Å². The first-order chi connectivity index (χ1) is 11.3. The Morgan fingerprint density at radius 3 is 2.46 bits per heavy atom. The molecular formula is C18H28N4O2. The summed E-state index contributed by atoms with van der Waals surface area (Å²) >= 11 is 0. The molecule has 0 saturated carbocycles. The van der Waals surface area contributed by atoms with Crippen LogP contribution in [0.25, 0.3) is 0 Å². The average Bonchev–Trinajstić information content (AvgIpc) is 2.54. The van der Waals surface area contributed by atoms with Gasteiger partial charge in [0.2, 0.25) is 0 Å². The molecule has 1 fully saturated rings. The van der Waals surface area contributed by atoms with Gasteiger partial charge in [0, 0.05) is 44.0 Å². The molecule has 1 aliphatic heterocycles. The highest BCUT2D eigenvalue weighted by atomic mass is 16.2. The van der Waals surface area contributed by atoms with Crippen molar-refractivity contribution >= 4 is 17.6 Å². The van der Waals surface area contributed by atoms with Gasteiger partial charge in [-0.3, -0.25) is 4.79 Å². The monoisotopic (exact) mass is 332 g/mol. The van der Waals surface area contributed by atoms with Crippen molar-refractivity contribution in [3.05, 3.63) is 29.3 Å². The zero-order valence-electron chi connectivity index (χ0n) is 15.0. The first-order valence-corrected chi connectivity index (χ1v) is 8.42. The van der Waals surface area contributed by atoms with Crippen LogP contribution in [0.4, 0.5) is 10.5 Å². The highest BCUT2D eigenvalue weighted by molar-refractivity contribution is 5.96. The topological polar surface area (TPSA) is 73.5 Å². The van der Waals surface area contributed by atoms with Gasteiger partial charge < -0.3 is 20.9 Å². The van der Waals surface area contributed by atoms with Gasteiger partial charge in [-0.15, -0.1) is 0 Å². The number of aryl methyl sites for hydroxylation is 1. The van der Waals surface area contributed by atoms with Crippen LogP contribution in [0.3, 0.4) is 0 Å². The molecule has 1 aliphatic rings. The number of carbonyl (C=O) groups is 2. The summed E-state index contributed by atoms with van der Waals surface area (Å²) in [4.78, 5) is 26.3.